The predicted molar refractivity (Wildman–Crippen MR) is 125 cm³/mol. The van der Waals surface area contributed by atoms with Crippen LogP contribution in [-0.2, 0) is 16.3 Å². The molecule has 1 fully saturated rings. The third-order valence-corrected chi connectivity index (χ3v) is 6.75. The molecule has 2 aromatic rings. The number of imidazole rings is 1. The number of amides is 1. The van der Waals surface area contributed by atoms with E-state index in [0.29, 0.717) is 6.42 Å². The van der Waals surface area contributed by atoms with Gasteiger partial charge in [-0.15, -0.1) is 0 Å². The lowest BCUT2D eigenvalue weighted by Gasteiger charge is -2.40. The Kier molecular flexibility index (Phi) is 5.66. The summed E-state index contributed by atoms with van der Waals surface area (Å²) in [5.41, 5.74) is 1.09. The lowest BCUT2D eigenvalue weighted by molar-refractivity contribution is -0.157. The van der Waals surface area contributed by atoms with Crippen molar-refractivity contribution in [3.63, 3.8) is 0 Å². The zero-order valence-corrected chi connectivity index (χ0v) is 20.2. The van der Waals surface area contributed by atoms with Crippen LogP contribution in [0, 0.1) is 16.7 Å². The number of esters is 1. The smallest absolute Gasteiger partial charge is 0.408 e. The normalized spacial score (nSPS) is 24.6. The van der Waals surface area contributed by atoms with Gasteiger partial charge in [-0.2, -0.15) is 0 Å². The number of carboxylic acid groups (broad SMARTS) is 1. The maximum Gasteiger partial charge on any atom is 0.408 e. The molecule has 178 valence electrons. The van der Waals surface area contributed by atoms with Crippen molar-refractivity contribution in [1.29, 1.82) is 0 Å². The summed E-state index contributed by atoms with van der Waals surface area (Å²) in [5.74, 6) is 0.438. The molecule has 8 nitrogen and oxygen atoms in total. The summed E-state index contributed by atoms with van der Waals surface area (Å²) in [6.07, 6.45) is 3.30. The molecule has 2 N–H and O–H groups in total. The molecule has 0 aliphatic carbocycles. The standard InChI is InChI=1S/C25H34N4O4/c1-24(2,3)18-13-16-19(21-26-11-12-28(21)14-33-22(30)25(4,5)6)27-17-10-8-7-9-15(17)20(16)29(18)23(31)32/h7-12,16,18-20,27H,13-14H2,1-6H3,(H,31,32)/t16-,18?,19-,20+/m1/s1. The number of carbonyl (C=O) groups excluding carboxylic acids is 1. The molecule has 0 spiro atoms. The first-order valence-electron chi connectivity index (χ1n) is 11.4. The number of nitrogens with one attached hydrogen (secondary N) is 1. The number of nitrogens with zero attached hydrogens (tertiary/aromatic N) is 3. The quantitative estimate of drug-likeness (QED) is 0.630. The molecule has 1 unspecified atom stereocenters. The van der Waals surface area contributed by atoms with Crippen LogP contribution in [0.2, 0.25) is 0 Å². The minimum Gasteiger partial charge on any atom is -0.465 e. The van der Waals surface area contributed by atoms with Gasteiger partial charge in [-0.3, -0.25) is 14.3 Å². The number of anilines is 1. The average molecular weight is 455 g/mol. The van der Waals surface area contributed by atoms with E-state index in [1.165, 1.54) is 0 Å². The second-order valence-electron chi connectivity index (χ2n) is 11.2. The highest BCUT2D eigenvalue weighted by molar-refractivity contribution is 5.75. The van der Waals surface area contributed by atoms with Crippen molar-refractivity contribution in [2.24, 2.45) is 16.7 Å². The highest BCUT2D eigenvalue weighted by Crippen LogP contribution is 2.55. The van der Waals surface area contributed by atoms with E-state index in [0.717, 1.165) is 17.1 Å². The first-order chi connectivity index (χ1) is 15.4. The lowest BCUT2D eigenvalue weighted by Crippen LogP contribution is -2.44. The number of para-hydroxylation sites is 1. The van der Waals surface area contributed by atoms with Gasteiger partial charge in [0.2, 0.25) is 0 Å². The Bertz CT molecular complexity index is 1050. The Hall–Kier alpha value is -3.03. The molecule has 3 heterocycles. The molecular formula is C25H34N4O4. The molecular weight excluding hydrogens is 420 g/mol. The molecule has 4 rings (SSSR count). The van der Waals surface area contributed by atoms with Crippen LogP contribution in [-0.4, -0.2) is 37.7 Å². The van der Waals surface area contributed by atoms with E-state index in [9.17, 15) is 14.7 Å². The molecule has 2 aliphatic rings. The monoisotopic (exact) mass is 454 g/mol. The average Bonchev–Trinajstić information content (AvgIpc) is 3.35. The van der Waals surface area contributed by atoms with Gasteiger partial charge in [0.25, 0.3) is 0 Å². The second-order valence-corrected chi connectivity index (χ2v) is 11.2. The van der Waals surface area contributed by atoms with Crippen molar-refractivity contribution in [1.82, 2.24) is 14.5 Å². The maximum absolute atomic E-state index is 12.5. The van der Waals surface area contributed by atoms with Gasteiger partial charge >= 0.3 is 12.1 Å². The fraction of sp³-hybridized carbons (Fsp3) is 0.560. The van der Waals surface area contributed by atoms with Gasteiger partial charge in [-0.25, -0.2) is 9.78 Å². The zero-order chi connectivity index (χ0) is 24.1. The summed E-state index contributed by atoms with van der Waals surface area (Å²) in [7, 11) is 0. The Morgan fingerprint density at radius 2 is 1.88 bits per heavy atom. The molecule has 1 aromatic heterocycles. The van der Waals surface area contributed by atoms with E-state index in [1.54, 1.807) is 17.3 Å². The number of fused-ring (bicyclic) bond motifs is 3. The topological polar surface area (TPSA) is 96.7 Å². The predicted octanol–water partition coefficient (Wildman–Crippen LogP) is 5.05. The number of hydrogen-bond donors (Lipinski definition) is 2. The van der Waals surface area contributed by atoms with Crippen molar-refractivity contribution >= 4 is 17.7 Å². The van der Waals surface area contributed by atoms with Crippen LogP contribution in [0.5, 0.6) is 0 Å². The van der Waals surface area contributed by atoms with Crippen molar-refractivity contribution in [2.75, 3.05) is 5.32 Å². The van der Waals surface area contributed by atoms with Crippen molar-refractivity contribution in [3.05, 3.63) is 48.0 Å². The van der Waals surface area contributed by atoms with Gasteiger partial charge in [0.05, 0.1) is 17.5 Å². The number of rotatable bonds is 3. The minimum absolute atomic E-state index is 0.0142. The van der Waals surface area contributed by atoms with Gasteiger partial charge < -0.3 is 15.2 Å². The molecule has 4 atom stereocenters. The number of benzene rings is 1. The maximum atomic E-state index is 12.5. The summed E-state index contributed by atoms with van der Waals surface area (Å²) in [5, 5.41) is 13.8. The summed E-state index contributed by atoms with van der Waals surface area (Å²) in [4.78, 5) is 31.1. The molecule has 0 radical (unpaired) electrons. The molecule has 2 aliphatic heterocycles. The molecule has 8 heteroatoms. The molecule has 33 heavy (non-hydrogen) atoms. The van der Waals surface area contributed by atoms with Gasteiger partial charge in [0, 0.05) is 30.0 Å². The van der Waals surface area contributed by atoms with E-state index >= 15 is 0 Å². The number of aromatic nitrogens is 2. The second kappa shape index (κ2) is 8.08. The molecule has 0 bridgehead atoms. The third kappa shape index (κ3) is 4.18. The van der Waals surface area contributed by atoms with Crippen LogP contribution in [0.25, 0.3) is 0 Å². The summed E-state index contributed by atoms with van der Waals surface area (Å²) in [6, 6.07) is 7.25. The number of hydrogen-bond acceptors (Lipinski definition) is 5. The highest BCUT2D eigenvalue weighted by Gasteiger charge is 2.54. The van der Waals surface area contributed by atoms with Crippen molar-refractivity contribution < 1.29 is 19.4 Å². The highest BCUT2D eigenvalue weighted by atomic mass is 16.5. The first kappa shape index (κ1) is 23.1. The fourth-order valence-corrected chi connectivity index (χ4v) is 5.09. The summed E-state index contributed by atoms with van der Waals surface area (Å²) >= 11 is 0. The third-order valence-electron chi connectivity index (χ3n) is 6.75. The Morgan fingerprint density at radius 1 is 1.18 bits per heavy atom. The van der Waals surface area contributed by atoms with Crippen LogP contribution in [0.3, 0.4) is 0 Å². The fourth-order valence-electron chi connectivity index (χ4n) is 5.09. The van der Waals surface area contributed by atoms with E-state index in [1.807, 2.05) is 49.6 Å². The Labute approximate surface area is 194 Å². The molecule has 1 amide bonds. The number of likely N-dealkylation sites (tertiary alicyclic amines) is 1. The van der Waals surface area contributed by atoms with Gasteiger partial charge in [0.15, 0.2) is 6.73 Å². The van der Waals surface area contributed by atoms with Crippen LogP contribution in [0.15, 0.2) is 36.7 Å². The number of carbonyl (C=O) groups is 2. The Morgan fingerprint density at radius 3 is 2.52 bits per heavy atom. The van der Waals surface area contributed by atoms with Crippen molar-refractivity contribution in [3.8, 4) is 0 Å². The zero-order valence-electron chi connectivity index (χ0n) is 20.2. The molecule has 0 saturated carbocycles. The van der Waals surface area contributed by atoms with E-state index < -0.39 is 11.5 Å². The molecule has 1 saturated heterocycles. The summed E-state index contributed by atoms with van der Waals surface area (Å²) < 4.78 is 7.38. The lowest BCUT2D eigenvalue weighted by atomic mass is 9.79. The van der Waals surface area contributed by atoms with Crippen LogP contribution in [0.1, 0.15) is 71.4 Å². The van der Waals surface area contributed by atoms with E-state index in [-0.39, 0.29) is 42.2 Å². The molecule has 1 aromatic carbocycles. The minimum atomic E-state index is -0.902. The van der Waals surface area contributed by atoms with E-state index in [4.69, 9.17) is 4.74 Å². The van der Waals surface area contributed by atoms with Crippen LogP contribution < -0.4 is 5.32 Å². The van der Waals surface area contributed by atoms with E-state index in [2.05, 4.69) is 31.1 Å². The largest absolute Gasteiger partial charge is 0.465 e. The SMILES string of the molecule is CC(C)(C)C(=O)OCn1ccnc1[C@@H]1Nc2ccccc2[C@H]2[C@@H]1CC(C(C)(C)C)N2C(=O)O. The van der Waals surface area contributed by atoms with Crippen molar-refractivity contribution in [2.45, 2.75) is 72.8 Å². The van der Waals surface area contributed by atoms with Gasteiger partial charge in [-0.1, -0.05) is 39.0 Å². The number of ether oxygens (including phenoxy) is 1. The summed E-state index contributed by atoms with van der Waals surface area (Å²) in [6.45, 7) is 11.8. The van der Waals surface area contributed by atoms with Crippen LogP contribution in [0.4, 0.5) is 10.5 Å². The van der Waals surface area contributed by atoms with Crippen LogP contribution >= 0.6 is 0 Å². The first-order valence-corrected chi connectivity index (χ1v) is 11.4. The van der Waals surface area contributed by atoms with Gasteiger partial charge in [-0.05, 0) is 44.2 Å². The van der Waals surface area contributed by atoms with Gasteiger partial charge in [0.1, 0.15) is 5.82 Å². The Balaban J connectivity index is 1.73.